The van der Waals surface area contributed by atoms with Crippen LogP contribution in [0, 0.1) is 0 Å². The van der Waals surface area contributed by atoms with E-state index < -0.39 is 7.12 Å². The second kappa shape index (κ2) is 10.7. The molecule has 2 aliphatic heterocycles. The van der Waals surface area contributed by atoms with E-state index in [1.165, 1.54) is 32.3 Å². The number of H-pyrrole nitrogens is 1. The number of nitrogens with zero attached hydrogens (tertiary/aromatic N) is 1. The van der Waals surface area contributed by atoms with E-state index in [0.29, 0.717) is 0 Å². The molecule has 0 spiro atoms. The summed E-state index contributed by atoms with van der Waals surface area (Å²) < 4.78 is 13.4. The Morgan fingerprint density at radius 1 is 0.490 bits per heavy atom. The highest BCUT2D eigenvalue weighted by Gasteiger charge is 2.26. The van der Waals surface area contributed by atoms with Gasteiger partial charge in [0.2, 0.25) is 0 Å². The molecule has 11 rings (SSSR count). The third kappa shape index (κ3) is 4.38. The molecule has 4 bridgehead atoms. The third-order valence-corrected chi connectivity index (χ3v) is 10.5. The molecule has 5 heteroatoms. The highest BCUT2D eigenvalue weighted by Crippen LogP contribution is 2.43. The normalized spacial score (nSPS) is 14.2. The Morgan fingerprint density at radius 3 is 1.78 bits per heavy atom. The summed E-state index contributed by atoms with van der Waals surface area (Å²) >= 11 is 0. The van der Waals surface area contributed by atoms with Gasteiger partial charge in [-0.1, -0.05) is 103 Å². The van der Waals surface area contributed by atoms with Gasteiger partial charge < -0.3 is 14.3 Å². The van der Waals surface area contributed by atoms with Gasteiger partial charge in [-0.3, -0.25) is 0 Å². The van der Waals surface area contributed by atoms with Gasteiger partial charge in [-0.05, 0) is 115 Å². The van der Waals surface area contributed by atoms with Crippen molar-refractivity contribution in [3.8, 4) is 22.8 Å². The molecule has 0 aliphatic carbocycles. The number of aliphatic imine (C=N–C) groups is 1. The van der Waals surface area contributed by atoms with Crippen LogP contribution >= 0.6 is 0 Å². The molecule has 1 N–H and O–H groups in total. The SMILES string of the molecule is CB1Oc2cc3ccccc3cc2C2=NC(=C(c3ccc4ccc5cccc6ccc3c4c56)c3ccc([nH]3)-c3cc4ccccc4cc3O1)C=C2. The molecule has 0 amide bonds. The smallest absolute Gasteiger partial charge is 0.525 e. The summed E-state index contributed by atoms with van der Waals surface area (Å²) in [7, 11) is -0.573. The van der Waals surface area contributed by atoms with Crippen molar-refractivity contribution >= 4 is 72.3 Å². The summed E-state index contributed by atoms with van der Waals surface area (Å²) in [6.07, 6.45) is 4.25. The topological polar surface area (TPSA) is 46.6 Å². The van der Waals surface area contributed by atoms with Gasteiger partial charge in [0.1, 0.15) is 11.5 Å². The molecule has 2 aliphatic rings. The summed E-state index contributed by atoms with van der Waals surface area (Å²) in [6, 6.07) is 49.8. The summed E-state index contributed by atoms with van der Waals surface area (Å²) in [5.74, 6) is 1.48. The van der Waals surface area contributed by atoms with Crippen molar-refractivity contribution in [2.45, 2.75) is 6.82 Å². The maximum absolute atomic E-state index is 6.69. The number of hydrogen-bond acceptors (Lipinski definition) is 3. The predicted molar refractivity (Wildman–Crippen MR) is 212 cm³/mol. The molecule has 3 heterocycles. The van der Waals surface area contributed by atoms with Crippen molar-refractivity contribution in [2.24, 2.45) is 4.99 Å². The molecule has 0 atom stereocenters. The second-order valence-corrected chi connectivity index (χ2v) is 13.5. The summed E-state index contributed by atoms with van der Waals surface area (Å²) in [6.45, 7) is 1.95. The van der Waals surface area contributed by atoms with Gasteiger partial charge >= 0.3 is 7.12 Å². The van der Waals surface area contributed by atoms with Gasteiger partial charge in [-0.15, -0.1) is 0 Å². The minimum atomic E-state index is -0.573. The number of fused-ring (bicyclic) bond motifs is 9. The standard InChI is InChI=1S/C46H29BN2O2/c1-47-50-42-25-32-9-4-2-7-30(32)23-36(42)38-19-21-40(48-38)46(35-18-16-29-14-13-27-11-6-12-28-15-17-34(35)45(29)44(27)28)41-22-20-39(49-41)37-24-31-8-3-5-10-33(31)26-43(37)51-47/h2-26,48H,1H3. The molecule has 1 aromatic heterocycles. The lowest BCUT2D eigenvalue weighted by Gasteiger charge is -2.20. The number of allylic oxidation sites excluding steroid dienone is 2. The van der Waals surface area contributed by atoms with Crippen molar-refractivity contribution < 1.29 is 9.31 Å². The van der Waals surface area contributed by atoms with Crippen LogP contribution in [-0.2, 0) is 0 Å². The van der Waals surface area contributed by atoms with Crippen molar-refractivity contribution in [3.05, 3.63) is 174 Å². The zero-order valence-electron chi connectivity index (χ0n) is 27.8. The van der Waals surface area contributed by atoms with E-state index in [0.717, 1.165) is 78.1 Å². The molecule has 0 fully saturated rings. The van der Waals surface area contributed by atoms with Crippen LogP contribution in [0.15, 0.2) is 162 Å². The Balaban J connectivity index is 1.22. The van der Waals surface area contributed by atoms with Gasteiger partial charge in [0.15, 0.2) is 0 Å². The van der Waals surface area contributed by atoms with Crippen LogP contribution in [0.4, 0.5) is 0 Å². The van der Waals surface area contributed by atoms with Crippen LogP contribution < -0.4 is 9.31 Å². The van der Waals surface area contributed by atoms with Crippen LogP contribution in [0.2, 0.25) is 6.82 Å². The summed E-state index contributed by atoms with van der Waals surface area (Å²) in [5.41, 5.74) is 7.76. The lowest BCUT2D eigenvalue weighted by atomic mass is 9.88. The first-order valence-electron chi connectivity index (χ1n) is 17.4. The Kier molecular flexibility index (Phi) is 5.93. The highest BCUT2D eigenvalue weighted by atomic mass is 16.6. The molecule has 238 valence electrons. The number of aromatic nitrogens is 1. The first-order valence-corrected chi connectivity index (χ1v) is 17.4. The summed E-state index contributed by atoms with van der Waals surface area (Å²) in [5, 5.41) is 12.0. The summed E-state index contributed by atoms with van der Waals surface area (Å²) in [4.78, 5) is 9.20. The van der Waals surface area contributed by atoms with Gasteiger partial charge in [-0.2, -0.15) is 0 Å². The van der Waals surface area contributed by atoms with Crippen molar-refractivity contribution in [1.82, 2.24) is 4.98 Å². The predicted octanol–water partition coefficient (Wildman–Crippen LogP) is 11.6. The minimum Gasteiger partial charge on any atom is -0.525 e. The Bertz CT molecular complexity index is 2990. The zero-order valence-corrected chi connectivity index (χ0v) is 27.8. The van der Waals surface area contributed by atoms with Crippen LogP contribution in [0.5, 0.6) is 11.5 Å². The largest absolute Gasteiger partial charge is 0.591 e. The van der Waals surface area contributed by atoms with Gasteiger partial charge in [0, 0.05) is 28.1 Å². The fourth-order valence-corrected chi connectivity index (χ4v) is 8.15. The van der Waals surface area contributed by atoms with E-state index in [1.54, 1.807) is 0 Å². The second-order valence-electron chi connectivity index (χ2n) is 13.5. The molecule has 0 saturated heterocycles. The Labute approximate surface area is 294 Å². The molecule has 51 heavy (non-hydrogen) atoms. The fourth-order valence-electron chi connectivity index (χ4n) is 8.15. The average Bonchev–Trinajstić information content (AvgIpc) is 3.85. The highest BCUT2D eigenvalue weighted by molar-refractivity contribution is 6.45. The molecular formula is C46H29BN2O2. The first kappa shape index (κ1) is 28.3. The quantitative estimate of drug-likeness (QED) is 0.142. The van der Waals surface area contributed by atoms with E-state index in [-0.39, 0.29) is 0 Å². The van der Waals surface area contributed by atoms with E-state index in [1.807, 2.05) is 6.82 Å². The average molecular weight is 653 g/mol. The van der Waals surface area contributed by atoms with E-state index in [9.17, 15) is 0 Å². The Morgan fingerprint density at radius 2 is 1.06 bits per heavy atom. The number of nitrogens with one attached hydrogen (secondary N) is 1. The maximum atomic E-state index is 6.69. The lowest BCUT2D eigenvalue weighted by molar-refractivity contribution is 0.432. The van der Waals surface area contributed by atoms with Crippen LogP contribution in [0.3, 0.4) is 0 Å². The first-order chi connectivity index (χ1) is 25.1. The Hall–Kier alpha value is -6.59. The molecule has 0 saturated carbocycles. The lowest BCUT2D eigenvalue weighted by Crippen LogP contribution is -2.26. The zero-order chi connectivity index (χ0) is 33.6. The van der Waals surface area contributed by atoms with Gasteiger partial charge in [0.05, 0.1) is 11.4 Å². The van der Waals surface area contributed by atoms with Gasteiger partial charge in [-0.25, -0.2) is 4.99 Å². The molecule has 4 nitrogen and oxygen atoms in total. The third-order valence-electron chi connectivity index (χ3n) is 10.5. The van der Waals surface area contributed by atoms with E-state index in [2.05, 4.69) is 157 Å². The van der Waals surface area contributed by atoms with Crippen molar-refractivity contribution in [2.75, 3.05) is 0 Å². The molecule has 0 unspecified atom stereocenters. The number of hydrogen-bond donors (Lipinski definition) is 1. The van der Waals surface area contributed by atoms with Gasteiger partial charge in [0.25, 0.3) is 0 Å². The van der Waals surface area contributed by atoms with Crippen molar-refractivity contribution in [3.63, 3.8) is 0 Å². The number of rotatable bonds is 1. The number of benzene rings is 8. The monoisotopic (exact) mass is 652 g/mol. The fraction of sp³-hybridized carbons (Fsp3) is 0.0217. The minimum absolute atomic E-state index is 0.573. The molecule has 9 aromatic rings. The molecule has 0 radical (unpaired) electrons. The van der Waals surface area contributed by atoms with Crippen LogP contribution in [0.25, 0.3) is 70.7 Å². The number of aromatic amines is 1. The maximum Gasteiger partial charge on any atom is 0.591 e. The van der Waals surface area contributed by atoms with Crippen LogP contribution in [0.1, 0.15) is 16.8 Å². The van der Waals surface area contributed by atoms with Crippen LogP contribution in [-0.4, -0.2) is 17.8 Å². The van der Waals surface area contributed by atoms with E-state index >= 15 is 0 Å². The molecule has 8 aromatic carbocycles. The van der Waals surface area contributed by atoms with Crippen molar-refractivity contribution in [1.29, 1.82) is 0 Å². The van der Waals surface area contributed by atoms with E-state index in [4.69, 9.17) is 14.3 Å². The molecular weight excluding hydrogens is 623 g/mol.